The molecule has 58 valence electrons. The van der Waals surface area contributed by atoms with Crippen LogP contribution in [0.25, 0.3) is 0 Å². The van der Waals surface area contributed by atoms with Crippen molar-refractivity contribution in [2.75, 3.05) is 6.61 Å². The second kappa shape index (κ2) is 3.77. The normalized spacial score (nSPS) is 26.2. The van der Waals surface area contributed by atoms with Crippen LogP contribution < -0.4 is 0 Å². The maximum Gasteiger partial charge on any atom is 0.0758 e. The average molecular weight is 140 g/mol. The first-order chi connectivity index (χ1) is 4.83. The molecule has 0 amide bonds. The lowest BCUT2D eigenvalue weighted by atomic mass is 9.99. The number of ether oxygens (including phenoxy) is 1. The second-order valence-corrected chi connectivity index (χ2v) is 2.90. The monoisotopic (exact) mass is 140 g/mol. The van der Waals surface area contributed by atoms with Crippen molar-refractivity contribution in [3.63, 3.8) is 0 Å². The van der Waals surface area contributed by atoms with Crippen molar-refractivity contribution in [2.45, 2.75) is 39.2 Å². The van der Waals surface area contributed by atoms with Gasteiger partial charge in [-0.3, -0.25) is 0 Å². The fourth-order valence-corrected chi connectivity index (χ4v) is 1.41. The van der Waals surface area contributed by atoms with Crippen molar-refractivity contribution in [1.82, 2.24) is 0 Å². The van der Waals surface area contributed by atoms with Gasteiger partial charge in [-0.2, -0.15) is 0 Å². The highest BCUT2D eigenvalue weighted by atomic mass is 16.5. The minimum absolute atomic E-state index is 0.416. The Morgan fingerprint density at radius 2 is 2.50 bits per heavy atom. The molecule has 0 N–H and O–H groups in total. The molecular formula is C9H16O. The zero-order chi connectivity index (χ0) is 7.40. The van der Waals surface area contributed by atoms with Crippen molar-refractivity contribution in [3.8, 4) is 0 Å². The molecule has 0 fully saturated rings. The third-order valence-corrected chi connectivity index (χ3v) is 1.91. The van der Waals surface area contributed by atoms with Gasteiger partial charge in [-0.15, -0.1) is 0 Å². The third kappa shape index (κ3) is 2.14. The molecule has 1 unspecified atom stereocenters. The number of hydrogen-bond donors (Lipinski definition) is 0. The van der Waals surface area contributed by atoms with E-state index in [1.807, 2.05) is 0 Å². The van der Waals surface area contributed by atoms with Crippen LogP contribution in [0.3, 0.4) is 0 Å². The van der Waals surface area contributed by atoms with Crippen LogP contribution in [0.15, 0.2) is 11.6 Å². The summed E-state index contributed by atoms with van der Waals surface area (Å²) in [5.74, 6) is 0. The molecule has 1 nitrogen and oxygen atoms in total. The summed E-state index contributed by atoms with van der Waals surface area (Å²) in [6.45, 7) is 5.08. The molecule has 10 heavy (non-hydrogen) atoms. The summed E-state index contributed by atoms with van der Waals surface area (Å²) < 4.78 is 5.48. The Kier molecular flexibility index (Phi) is 2.94. The summed E-state index contributed by atoms with van der Waals surface area (Å²) >= 11 is 0. The molecule has 1 rings (SSSR count). The van der Waals surface area contributed by atoms with Crippen LogP contribution >= 0.6 is 0 Å². The quantitative estimate of drug-likeness (QED) is 0.535. The standard InChI is InChI=1S/C9H16O/c1-3-10-9-6-4-5-8(2)7-9/h7,9H,3-6H2,1-2H3. The van der Waals surface area contributed by atoms with Gasteiger partial charge in [0.1, 0.15) is 0 Å². The van der Waals surface area contributed by atoms with Crippen LogP contribution in [-0.4, -0.2) is 12.7 Å². The maximum atomic E-state index is 5.48. The van der Waals surface area contributed by atoms with Crippen molar-refractivity contribution < 1.29 is 4.74 Å². The van der Waals surface area contributed by atoms with Crippen molar-refractivity contribution in [3.05, 3.63) is 11.6 Å². The number of allylic oxidation sites excluding steroid dienone is 1. The topological polar surface area (TPSA) is 9.23 Å². The lowest BCUT2D eigenvalue weighted by Crippen LogP contribution is -2.13. The van der Waals surface area contributed by atoms with Gasteiger partial charge in [0.05, 0.1) is 6.10 Å². The Morgan fingerprint density at radius 3 is 3.10 bits per heavy atom. The van der Waals surface area contributed by atoms with Crippen LogP contribution in [0, 0.1) is 0 Å². The van der Waals surface area contributed by atoms with Crippen molar-refractivity contribution in [2.24, 2.45) is 0 Å². The SMILES string of the molecule is CCOC1C=C(C)CCC1. The zero-order valence-corrected chi connectivity index (χ0v) is 6.89. The van der Waals surface area contributed by atoms with Crippen molar-refractivity contribution in [1.29, 1.82) is 0 Å². The third-order valence-electron chi connectivity index (χ3n) is 1.91. The first kappa shape index (κ1) is 7.80. The molecule has 0 bridgehead atoms. The Morgan fingerprint density at radius 1 is 1.70 bits per heavy atom. The van der Waals surface area contributed by atoms with E-state index in [0.29, 0.717) is 6.10 Å². The highest BCUT2D eigenvalue weighted by Crippen LogP contribution is 2.19. The van der Waals surface area contributed by atoms with Crippen LogP contribution in [0.2, 0.25) is 0 Å². The maximum absolute atomic E-state index is 5.48. The highest BCUT2D eigenvalue weighted by Gasteiger charge is 2.09. The number of hydrogen-bond acceptors (Lipinski definition) is 1. The lowest BCUT2D eigenvalue weighted by molar-refractivity contribution is 0.0848. The lowest BCUT2D eigenvalue weighted by Gasteiger charge is -2.18. The molecule has 0 saturated heterocycles. The van der Waals surface area contributed by atoms with E-state index < -0.39 is 0 Å². The van der Waals surface area contributed by atoms with Crippen LogP contribution in [-0.2, 0) is 4.74 Å². The summed E-state index contributed by atoms with van der Waals surface area (Å²) in [5.41, 5.74) is 1.49. The van der Waals surface area contributed by atoms with Crippen LogP contribution in [0.5, 0.6) is 0 Å². The van der Waals surface area contributed by atoms with Gasteiger partial charge in [0.2, 0.25) is 0 Å². The van der Waals surface area contributed by atoms with Gasteiger partial charge < -0.3 is 4.74 Å². The Hall–Kier alpha value is -0.300. The second-order valence-electron chi connectivity index (χ2n) is 2.90. The zero-order valence-electron chi connectivity index (χ0n) is 6.89. The largest absolute Gasteiger partial charge is 0.374 e. The van der Waals surface area contributed by atoms with Gasteiger partial charge in [0.15, 0.2) is 0 Å². The Bertz CT molecular complexity index is 127. The predicted octanol–water partition coefficient (Wildman–Crippen LogP) is 2.52. The molecule has 1 aliphatic rings. The van der Waals surface area contributed by atoms with E-state index in [1.54, 1.807) is 0 Å². The van der Waals surface area contributed by atoms with Gasteiger partial charge in [-0.25, -0.2) is 0 Å². The molecule has 1 atom stereocenters. The summed E-state index contributed by atoms with van der Waals surface area (Å²) in [5, 5.41) is 0. The van der Waals surface area contributed by atoms with E-state index in [4.69, 9.17) is 4.74 Å². The molecule has 1 aliphatic carbocycles. The number of rotatable bonds is 2. The summed E-state index contributed by atoms with van der Waals surface area (Å²) in [7, 11) is 0. The molecule has 0 aromatic rings. The molecule has 0 saturated carbocycles. The van der Waals surface area contributed by atoms with Gasteiger partial charge in [-0.05, 0) is 33.1 Å². The molecule has 0 heterocycles. The molecule has 0 aliphatic heterocycles. The van der Waals surface area contributed by atoms with E-state index in [2.05, 4.69) is 19.9 Å². The van der Waals surface area contributed by atoms with Gasteiger partial charge in [0.25, 0.3) is 0 Å². The molecular weight excluding hydrogens is 124 g/mol. The minimum atomic E-state index is 0.416. The summed E-state index contributed by atoms with van der Waals surface area (Å²) in [6, 6.07) is 0. The van der Waals surface area contributed by atoms with E-state index in [-0.39, 0.29) is 0 Å². The fourth-order valence-electron chi connectivity index (χ4n) is 1.41. The van der Waals surface area contributed by atoms with E-state index in [0.717, 1.165) is 6.61 Å². The highest BCUT2D eigenvalue weighted by molar-refractivity contribution is 5.05. The molecule has 1 heteroatoms. The molecule has 0 spiro atoms. The first-order valence-electron chi connectivity index (χ1n) is 4.12. The van der Waals surface area contributed by atoms with Gasteiger partial charge in [-0.1, -0.05) is 11.6 Å². The fraction of sp³-hybridized carbons (Fsp3) is 0.778. The molecule has 0 aromatic heterocycles. The van der Waals surface area contributed by atoms with E-state index in [1.165, 1.54) is 24.8 Å². The Labute approximate surface area is 63.1 Å². The minimum Gasteiger partial charge on any atom is -0.374 e. The van der Waals surface area contributed by atoms with E-state index in [9.17, 15) is 0 Å². The molecule has 0 aromatic carbocycles. The molecule has 0 radical (unpaired) electrons. The Balaban J connectivity index is 2.38. The van der Waals surface area contributed by atoms with Crippen LogP contribution in [0.1, 0.15) is 33.1 Å². The summed E-state index contributed by atoms with van der Waals surface area (Å²) in [6.07, 6.45) is 6.45. The summed E-state index contributed by atoms with van der Waals surface area (Å²) in [4.78, 5) is 0. The predicted molar refractivity (Wildman–Crippen MR) is 43.0 cm³/mol. The van der Waals surface area contributed by atoms with Crippen molar-refractivity contribution >= 4 is 0 Å². The smallest absolute Gasteiger partial charge is 0.0758 e. The van der Waals surface area contributed by atoms with Gasteiger partial charge in [0, 0.05) is 6.61 Å². The average Bonchev–Trinajstić information content (AvgIpc) is 1.88. The van der Waals surface area contributed by atoms with Gasteiger partial charge >= 0.3 is 0 Å². The van der Waals surface area contributed by atoms with E-state index >= 15 is 0 Å². The van der Waals surface area contributed by atoms with Crippen LogP contribution in [0.4, 0.5) is 0 Å². The first-order valence-corrected chi connectivity index (χ1v) is 4.12.